The minimum atomic E-state index is -0.915. The SMILES string of the molecule is CCC#CC1(CCC)OC(=O)O1. The average Bonchev–Trinajstić information content (AvgIpc) is 1.98. The van der Waals surface area contributed by atoms with Crippen molar-refractivity contribution in [2.75, 3.05) is 0 Å². The lowest BCUT2D eigenvalue weighted by molar-refractivity contribution is -0.236. The minimum absolute atomic E-state index is 0.617. The third-order valence-corrected chi connectivity index (χ3v) is 1.53. The largest absolute Gasteiger partial charge is 0.516 e. The molecule has 3 heteroatoms. The summed E-state index contributed by atoms with van der Waals surface area (Å²) in [6, 6.07) is 0. The highest BCUT2D eigenvalue weighted by Gasteiger charge is 2.46. The highest BCUT2D eigenvalue weighted by molar-refractivity contribution is 5.67. The van der Waals surface area contributed by atoms with Crippen LogP contribution in [0.3, 0.4) is 0 Å². The summed E-state index contributed by atoms with van der Waals surface area (Å²) in [5.41, 5.74) is 0. The van der Waals surface area contributed by atoms with E-state index >= 15 is 0 Å². The van der Waals surface area contributed by atoms with Gasteiger partial charge in [0.2, 0.25) is 0 Å². The smallest absolute Gasteiger partial charge is 0.379 e. The third kappa shape index (κ3) is 1.70. The van der Waals surface area contributed by atoms with Crippen LogP contribution in [0.25, 0.3) is 0 Å². The van der Waals surface area contributed by atoms with Crippen LogP contribution in [0, 0.1) is 11.8 Å². The molecule has 3 nitrogen and oxygen atoms in total. The van der Waals surface area contributed by atoms with Crippen molar-refractivity contribution in [1.82, 2.24) is 0 Å². The molecule has 0 aromatic carbocycles. The molecule has 1 heterocycles. The molecule has 1 aliphatic heterocycles. The van der Waals surface area contributed by atoms with Gasteiger partial charge in [-0.25, -0.2) is 4.79 Å². The van der Waals surface area contributed by atoms with Gasteiger partial charge in [-0.3, -0.25) is 0 Å². The van der Waals surface area contributed by atoms with Crippen LogP contribution in [0.1, 0.15) is 33.1 Å². The topological polar surface area (TPSA) is 35.5 Å². The Kier molecular flexibility index (Phi) is 2.59. The number of hydrogen-bond donors (Lipinski definition) is 0. The molecule has 0 N–H and O–H groups in total. The molecular formula is C9H12O3. The third-order valence-electron chi connectivity index (χ3n) is 1.53. The number of ether oxygens (including phenoxy) is 2. The number of carbonyl (C=O) groups is 1. The molecular weight excluding hydrogens is 156 g/mol. The molecule has 1 fully saturated rings. The van der Waals surface area contributed by atoms with Crippen LogP contribution in [-0.4, -0.2) is 11.9 Å². The van der Waals surface area contributed by atoms with E-state index in [0.29, 0.717) is 6.42 Å². The van der Waals surface area contributed by atoms with E-state index in [2.05, 4.69) is 11.8 Å². The quantitative estimate of drug-likeness (QED) is 0.467. The van der Waals surface area contributed by atoms with Gasteiger partial charge in [0.25, 0.3) is 0 Å². The summed E-state index contributed by atoms with van der Waals surface area (Å²) in [6.45, 7) is 3.93. The van der Waals surface area contributed by atoms with E-state index in [4.69, 9.17) is 9.47 Å². The Morgan fingerprint density at radius 1 is 1.42 bits per heavy atom. The van der Waals surface area contributed by atoms with Crippen molar-refractivity contribution >= 4 is 6.16 Å². The lowest BCUT2D eigenvalue weighted by Crippen LogP contribution is -2.48. The standard InChI is InChI=1S/C9H12O3/c1-3-5-7-9(6-4-2)11-8(10)12-9/h3-4,6H2,1-2H3. The molecule has 1 aliphatic rings. The fraction of sp³-hybridized carbons (Fsp3) is 0.667. The van der Waals surface area contributed by atoms with Crippen molar-refractivity contribution in [2.45, 2.75) is 38.9 Å². The maximum atomic E-state index is 10.4. The van der Waals surface area contributed by atoms with E-state index in [0.717, 1.165) is 12.8 Å². The van der Waals surface area contributed by atoms with Crippen molar-refractivity contribution < 1.29 is 14.3 Å². The predicted octanol–water partition coefficient (Wildman–Crippen LogP) is 2.06. The molecule has 0 spiro atoms. The molecule has 0 saturated carbocycles. The van der Waals surface area contributed by atoms with Crippen LogP contribution in [0.15, 0.2) is 0 Å². The van der Waals surface area contributed by atoms with E-state index in [1.165, 1.54) is 0 Å². The number of hydrogen-bond acceptors (Lipinski definition) is 3. The zero-order valence-corrected chi connectivity index (χ0v) is 7.35. The van der Waals surface area contributed by atoms with Gasteiger partial charge in [-0.15, -0.1) is 0 Å². The van der Waals surface area contributed by atoms with E-state index in [-0.39, 0.29) is 0 Å². The first-order valence-corrected chi connectivity index (χ1v) is 4.14. The molecule has 1 saturated heterocycles. The van der Waals surface area contributed by atoms with Gasteiger partial charge in [-0.05, 0) is 12.3 Å². The number of cyclic esters (lactones) is 2. The summed E-state index contributed by atoms with van der Waals surface area (Å²) in [5.74, 6) is 4.73. The van der Waals surface area contributed by atoms with Gasteiger partial charge in [0.05, 0.1) is 0 Å². The average molecular weight is 168 g/mol. The zero-order chi connectivity index (χ0) is 9.03. The van der Waals surface area contributed by atoms with E-state index in [1.807, 2.05) is 13.8 Å². The van der Waals surface area contributed by atoms with E-state index < -0.39 is 11.9 Å². The zero-order valence-electron chi connectivity index (χ0n) is 7.35. The first-order chi connectivity index (χ1) is 5.72. The Bertz CT molecular complexity index is 226. The Morgan fingerprint density at radius 3 is 2.50 bits per heavy atom. The van der Waals surface area contributed by atoms with Crippen LogP contribution in [0.4, 0.5) is 4.79 Å². The lowest BCUT2D eigenvalue weighted by Gasteiger charge is -2.34. The highest BCUT2D eigenvalue weighted by Crippen LogP contribution is 2.29. The monoisotopic (exact) mass is 168 g/mol. The second-order valence-electron chi connectivity index (χ2n) is 2.61. The normalized spacial score (nSPS) is 18.0. The fourth-order valence-corrected chi connectivity index (χ4v) is 1.04. The molecule has 66 valence electrons. The van der Waals surface area contributed by atoms with Gasteiger partial charge in [0.15, 0.2) is 0 Å². The van der Waals surface area contributed by atoms with Crippen LogP contribution < -0.4 is 0 Å². The van der Waals surface area contributed by atoms with Crippen LogP contribution >= 0.6 is 0 Å². The molecule has 0 aromatic rings. The molecule has 0 aliphatic carbocycles. The highest BCUT2D eigenvalue weighted by atomic mass is 16.9. The van der Waals surface area contributed by atoms with Crippen molar-refractivity contribution in [2.24, 2.45) is 0 Å². The van der Waals surface area contributed by atoms with Gasteiger partial charge < -0.3 is 9.47 Å². The Labute approximate surface area is 72.0 Å². The molecule has 0 atom stereocenters. The van der Waals surface area contributed by atoms with Crippen molar-refractivity contribution in [3.63, 3.8) is 0 Å². The maximum absolute atomic E-state index is 10.4. The Balaban J connectivity index is 2.56. The van der Waals surface area contributed by atoms with Crippen LogP contribution in [0.5, 0.6) is 0 Å². The van der Waals surface area contributed by atoms with Crippen LogP contribution in [0.2, 0.25) is 0 Å². The second-order valence-corrected chi connectivity index (χ2v) is 2.61. The first-order valence-electron chi connectivity index (χ1n) is 4.14. The molecule has 1 rings (SSSR count). The number of carbonyl (C=O) groups excluding carboxylic acids is 1. The van der Waals surface area contributed by atoms with E-state index in [1.54, 1.807) is 0 Å². The van der Waals surface area contributed by atoms with Crippen LogP contribution in [-0.2, 0) is 9.47 Å². The summed E-state index contributed by atoms with van der Waals surface area (Å²) in [5, 5.41) is 0. The van der Waals surface area contributed by atoms with Gasteiger partial charge in [-0.2, -0.15) is 0 Å². The van der Waals surface area contributed by atoms with Gasteiger partial charge >= 0.3 is 11.9 Å². The molecule has 0 amide bonds. The van der Waals surface area contributed by atoms with E-state index in [9.17, 15) is 4.79 Å². The molecule has 12 heavy (non-hydrogen) atoms. The lowest BCUT2D eigenvalue weighted by atomic mass is 10.1. The molecule has 0 unspecified atom stereocenters. The summed E-state index contributed by atoms with van der Waals surface area (Å²) in [6.07, 6.45) is 1.65. The van der Waals surface area contributed by atoms with Crippen molar-refractivity contribution in [1.29, 1.82) is 0 Å². The van der Waals surface area contributed by atoms with Crippen molar-refractivity contribution in [3.8, 4) is 11.8 Å². The second kappa shape index (κ2) is 3.48. The summed E-state index contributed by atoms with van der Waals surface area (Å²) in [4.78, 5) is 10.4. The summed E-state index contributed by atoms with van der Waals surface area (Å²) >= 11 is 0. The molecule has 0 bridgehead atoms. The fourth-order valence-electron chi connectivity index (χ4n) is 1.04. The van der Waals surface area contributed by atoms with Crippen molar-refractivity contribution in [3.05, 3.63) is 0 Å². The first kappa shape index (κ1) is 8.92. The van der Waals surface area contributed by atoms with Gasteiger partial charge in [-0.1, -0.05) is 19.8 Å². The Hall–Kier alpha value is -1.17. The molecule has 0 radical (unpaired) electrons. The molecule has 0 aromatic heterocycles. The maximum Gasteiger partial charge on any atom is 0.516 e. The van der Waals surface area contributed by atoms with Gasteiger partial charge in [0, 0.05) is 12.8 Å². The number of rotatable bonds is 2. The summed E-state index contributed by atoms with van der Waals surface area (Å²) < 4.78 is 9.67. The minimum Gasteiger partial charge on any atom is -0.379 e. The predicted molar refractivity (Wildman–Crippen MR) is 43.3 cm³/mol. The summed E-state index contributed by atoms with van der Waals surface area (Å²) in [7, 11) is 0. The van der Waals surface area contributed by atoms with Gasteiger partial charge in [0.1, 0.15) is 0 Å². The Morgan fingerprint density at radius 2 is 2.08 bits per heavy atom.